The fourth-order valence-corrected chi connectivity index (χ4v) is 3.20. The summed E-state index contributed by atoms with van der Waals surface area (Å²) in [5.74, 6) is -4.07. The van der Waals surface area contributed by atoms with Gasteiger partial charge in [0.15, 0.2) is 18.2 Å². The van der Waals surface area contributed by atoms with E-state index in [-0.39, 0.29) is 37.5 Å². The number of nitrogens with zero attached hydrogens (tertiary/aromatic N) is 3. The Morgan fingerprint density at radius 2 is 1.55 bits per heavy atom. The van der Waals surface area contributed by atoms with E-state index in [4.69, 9.17) is 0 Å². The van der Waals surface area contributed by atoms with Crippen LogP contribution in [-0.4, -0.2) is 65.5 Å². The second-order valence-electron chi connectivity index (χ2n) is 7.05. The molecule has 1 saturated heterocycles. The van der Waals surface area contributed by atoms with E-state index in [1.165, 1.54) is 9.80 Å². The molecule has 0 radical (unpaired) electrons. The SMILES string of the molecule is O=C(c1ccc(F)c(F)c1)N1CCN(C(=O)c2cc(OCC(F)(F)F)ccc2[N+](=O)[O-])CC1. The quantitative estimate of drug-likeness (QED) is 0.377. The van der Waals surface area contributed by atoms with Crippen LogP contribution in [0.15, 0.2) is 36.4 Å². The van der Waals surface area contributed by atoms with E-state index in [0.717, 1.165) is 36.4 Å². The first-order chi connectivity index (χ1) is 15.5. The number of benzene rings is 2. The van der Waals surface area contributed by atoms with Gasteiger partial charge in [-0.2, -0.15) is 13.2 Å². The molecule has 0 aliphatic carbocycles. The first-order valence-electron chi connectivity index (χ1n) is 9.48. The van der Waals surface area contributed by atoms with Crippen molar-refractivity contribution in [2.24, 2.45) is 0 Å². The van der Waals surface area contributed by atoms with Crippen molar-refractivity contribution in [1.29, 1.82) is 0 Å². The highest BCUT2D eigenvalue weighted by atomic mass is 19.4. The molecular weight excluding hydrogens is 457 g/mol. The number of amides is 2. The van der Waals surface area contributed by atoms with Gasteiger partial charge in [0.25, 0.3) is 17.5 Å². The minimum atomic E-state index is -4.64. The lowest BCUT2D eigenvalue weighted by Gasteiger charge is -2.34. The van der Waals surface area contributed by atoms with Gasteiger partial charge < -0.3 is 14.5 Å². The van der Waals surface area contributed by atoms with E-state index in [1.807, 2.05) is 0 Å². The van der Waals surface area contributed by atoms with Crippen molar-refractivity contribution in [1.82, 2.24) is 9.80 Å². The summed E-state index contributed by atoms with van der Waals surface area (Å²) in [5, 5.41) is 11.3. The van der Waals surface area contributed by atoms with Crippen molar-refractivity contribution in [2.45, 2.75) is 6.18 Å². The summed E-state index contributed by atoms with van der Waals surface area (Å²) in [7, 11) is 0. The highest BCUT2D eigenvalue weighted by Gasteiger charge is 2.31. The van der Waals surface area contributed by atoms with Crippen molar-refractivity contribution in [2.75, 3.05) is 32.8 Å². The third kappa shape index (κ3) is 5.73. The van der Waals surface area contributed by atoms with E-state index in [2.05, 4.69) is 4.74 Å². The normalized spacial score (nSPS) is 14.2. The third-order valence-corrected chi connectivity index (χ3v) is 4.82. The maximum absolute atomic E-state index is 13.4. The van der Waals surface area contributed by atoms with E-state index < -0.39 is 52.4 Å². The van der Waals surface area contributed by atoms with Gasteiger partial charge in [0, 0.05) is 37.8 Å². The molecule has 0 aromatic heterocycles. The number of alkyl halides is 3. The summed E-state index contributed by atoms with van der Waals surface area (Å²) in [4.78, 5) is 38.3. The lowest BCUT2D eigenvalue weighted by atomic mass is 10.1. The van der Waals surface area contributed by atoms with E-state index in [1.54, 1.807) is 0 Å². The Kier molecular flexibility index (Phi) is 6.79. The highest BCUT2D eigenvalue weighted by Crippen LogP contribution is 2.27. The summed E-state index contributed by atoms with van der Waals surface area (Å²) in [5.41, 5.74) is -1.15. The number of hydrogen-bond donors (Lipinski definition) is 0. The summed E-state index contributed by atoms with van der Waals surface area (Å²) >= 11 is 0. The van der Waals surface area contributed by atoms with Gasteiger partial charge in [-0.3, -0.25) is 19.7 Å². The molecule has 2 amide bonds. The molecule has 0 bridgehead atoms. The van der Waals surface area contributed by atoms with Gasteiger partial charge in [-0.1, -0.05) is 0 Å². The average molecular weight is 473 g/mol. The molecule has 176 valence electrons. The van der Waals surface area contributed by atoms with Crippen LogP contribution in [0, 0.1) is 21.7 Å². The molecule has 8 nitrogen and oxygen atoms in total. The number of nitro benzene ring substituents is 1. The topological polar surface area (TPSA) is 93.0 Å². The summed E-state index contributed by atoms with van der Waals surface area (Å²) < 4.78 is 68.2. The number of halogens is 5. The van der Waals surface area contributed by atoms with Crippen LogP contribution in [0.25, 0.3) is 0 Å². The maximum atomic E-state index is 13.4. The number of ether oxygens (including phenoxy) is 1. The number of carbonyl (C=O) groups excluding carboxylic acids is 2. The molecule has 0 atom stereocenters. The summed E-state index contributed by atoms with van der Waals surface area (Å²) in [6.07, 6.45) is -4.64. The molecule has 2 aromatic rings. The minimum Gasteiger partial charge on any atom is -0.484 e. The van der Waals surface area contributed by atoms with Gasteiger partial charge in [0.2, 0.25) is 0 Å². The molecule has 0 spiro atoms. The average Bonchev–Trinajstić information content (AvgIpc) is 2.78. The van der Waals surface area contributed by atoms with Crippen LogP contribution in [-0.2, 0) is 0 Å². The zero-order valence-corrected chi connectivity index (χ0v) is 16.8. The van der Waals surface area contributed by atoms with Gasteiger partial charge in [-0.15, -0.1) is 0 Å². The van der Waals surface area contributed by atoms with Gasteiger partial charge in [0.1, 0.15) is 11.3 Å². The number of rotatable bonds is 5. The maximum Gasteiger partial charge on any atom is 0.422 e. The number of hydrogen-bond acceptors (Lipinski definition) is 5. The molecule has 0 unspecified atom stereocenters. The molecular formula is C20H16F5N3O5. The predicted octanol–water partition coefficient (Wildman–Crippen LogP) is 3.41. The Balaban J connectivity index is 1.72. The summed E-state index contributed by atoms with van der Waals surface area (Å²) in [6, 6.07) is 5.39. The first-order valence-corrected chi connectivity index (χ1v) is 9.48. The van der Waals surface area contributed by atoms with Crippen LogP contribution < -0.4 is 4.74 Å². The molecule has 13 heteroatoms. The molecule has 2 aromatic carbocycles. The second-order valence-corrected chi connectivity index (χ2v) is 7.05. The van der Waals surface area contributed by atoms with Crippen molar-refractivity contribution >= 4 is 17.5 Å². The van der Waals surface area contributed by atoms with E-state index in [9.17, 15) is 41.7 Å². The van der Waals surface area contributed by atoms with Gasteiger partial charge in [-0.25, -0.2) is 8.78 Å². The van der Waals surface area contributed by atoms with Crippen molar-refractivity contribution in [3.63, 3.8) is 0 Å². The Hall–Kier alpha value is -3.77. The van der Waals surface area contributed by atoms with Crippen LogP contribution in [0.2, 0.25) is 0 Å². The predicted molar refractivity (Wildman–Crippen MR) is 103 cm³/mol. The molecule has 1 heterocycles. The zero-order valence-electron chi connectivity index (χ0n) is 16.8. The van der Waals surface area contributed by atoms with Gasteiger partial charge >= 0.3 is 6.18 Å². The van der Waals surface area contributed by atoms with Crippen LogP contribution in [0.4, 0.5) is 27.6 Å². The molecule has 1 fully saturated rings. The monoisotopic (exact) mass is 473 g/mol. The fraction of sp³-hybridized carbons (Fsp3) is 0.300. The molecule has 1 aliphatic heterocycles. The van der Waals surface area contributed by atoms with Crippen LogP contribution in [0.3, 0.4) is 0 Å². The number of carbonyl (C=O) groups is 2. The van der Waals surface area contributed by atoms with Crippen LogP contribution >= 0.6 is 0 Å². The van der Waals surface area contributed by atoms with Crippen molar-refractivity contribution < 1.29 is 41.2 Å². The fourth-order valence-electron chi connectivity index (χ4n) is 3.20. The van der Waals surface area contributed by atoms with Crippen LogP contribution in [0.1, 0.15) is 20.7 Å². The van der Waals surface area contributed by atoms with E-state index >= 15 is 0 Å². The smallest absolute Gasteiger partial charge is 0.422 e. The first kappa shape index (κ1) is 23.9. The van der Waals surface area contributed by atoms with Crippen molar-refractivity contribution in [3.05, 3.63) is 69.3 Å². The number of piperazine rings is 1. The largest absolute Gasteiger partial charge is 0.484 e. The van der Waals surface area contributed by atoms with Crippen LogP contribution in [0.5, 0.6) is 5.75 Å². The molecule has 0 saturated carbocycles. The minimum absolute atomic E-state index is 0.00162. The Labute approximate surface area is 183 Å². The zero-order chi connectivity index (χ0) is 24.3. The molecule has 33 heavy (non-hydrogen) atoms. The lowest BCUT2D eigenvalue weighted by Crippen LogP contribution is -2.50. The van der Waals surface area contributed by atoms with Gasteiger partial charge in [0.05, 0.1) is 4.92 Å². The van der Waals surface area contributed by atoms with Crippen molar-refractivity contribution in [3.8, 4) is 5.75 Å². The molecule has 1 aliphatic rings. The van der Waals surface area contributed by atoms with Gasteiger partial charge in [-0.05, 0) is 30.3 Å². The second kappa shape index (κ2) is 9.38. The standard InChI is InChI=1S/C20H16F5N3O5/c21-15-3-1-12(9-16(15)22)18(29)26-5-7-27(8-6-26)19(30)14-10-13(33-11-20(23,24)25)2-4-17(14)28(31)32/h1-4,9-10H,5-8,11H2. The summed E-state index contributed by atoms with van der Waals surface area (Å²) in [6.45, 7) is -1.72. The third-order valence-electron chi connectivity index (χ3n) is 4.82. The van der Waals surface area contributed by atoms with E-state index in [0.29, 0.717) is 0 Å². The molecule has 3 rings (SSSR count). The highest BCUT2D eigenvalue weighted by molar-refractivity contribution is 5.99. The number of nitro groups is 1. The lowest BCUT2D eigenvalue weighted by molar-refractivity contribution is -0.385. The molecule has 0 N–H and O–H groups in total. The Bertz CT molecular complexity index is 1080. The Morgan fingerprint density at radius 3 is 2.09 bits per heavy atom. The Morgan fingerprint density at radius 1 is 0.939 bits per heavy atom.